The molecule has 2 heteroatoms. The molecule has 0 bridgehead atoms. The third-order valence-corrected chi connectivity index (χ3v) is 4.91. The first kappa shape index (κ1) is 11.4. The van der Waals surface area contributed by atoms with Crippen LogP contribution in [-0.2, 0) is 0 Å². The Kier molecular flexibility index (Phi) is 3.09. The van der Waals surface area contributed by atoms with Crippen LogP contribution in [0.4, 0.5) is 0 Å². The van der Waals surface area contributed by atoms with Crippen molar-refractivity contribution in [2.75, 3.05) is 19.6 Å². The van der Waals surface area contributed by atoms with Crippen molar-refractivity contribution in [3.05, 3.63) is 0 Å². The van der Waals surface area contributed by atoms with Gasteiger partial charge in [-0.3, -0.25) is 0 Å². The van der Waals surface area contributed by atoms with Crippen LogP contribution in [-0.4, -0.2) is 30.1 Å². The maximum absolute atomic E-state index is 6.31. The number of likely N-dealkylation sites (tertiary alicyclic amines) is 1. The Bertz CT molecular complexity index is 217. The van der Waals surface area contributed by atoms with Gasteiger partial charge < -0.3 is 10.6 Å². The van der Waals surface area contributed by atoms with Crippen molar-refractivity contribution < 1.29 is 0 Å². The molecule has 1 saturated carbocycles. The minimum Gasteiger partial charge on any atom is -0.324 e. The molecule has 0 spiro atoms. The van der Waals surface area contributed by atoms with Crippen molar-refractivity contribution in [3.63, 3.8) is 0 Å². The molecule has 0 aromatic heterocycles. The molecule has 1 heterocycles. The van der Waals surface area contributed by atoms with E-state index in [9.17, 15) is 0 Å². The molecule has 0 unspecified atom stereocenters. The SMILES string of the molecule is CCC1(CC)CCN(CC2(N)CCC2)C1. The van der Waals surface area contributed by atoms with Gasteiger partial charge in [-0.2, -0.15) is 0 Å². The van der Waals surface area contributed by atoms with Gasteiger partial charge >= 0.3 is 0 Å². The molecule has 0 atom stereocenters. The van der Waals surface area contributed by atoms with Crippen LogP contribution < -0.4 is 5.73 Å². The zero-order valence-corrected chi connectivity index (χ0v) is 10.4. The van der Waals surface area contributed by atoms with E-state index in [0.717, 1.165) is 6.54 Å². The molecule has 88 valence electrons. The van der Waals surface area contributed by atoms with Crippen LogP contribution in [0.5, 0.6) is 0 Å². The summed E-state index contributed by atoms with van der Waals surface area (Å²) in [5.74, 6) is 0. The summed E-state index contributed by atoms with van der Waals surface area (Å²) >= 11 is 0. The maximum Gasteiger partial charge on any atom is 0.0283 e. The molecule has 0 aromatic rings. The van der Waals surface area contributed by atoms with Crippen LogP contribution in [0.15, 0.2) is 0 Å². The van der Waals surface area contributed by atoms with Crippen LogP contribution in [0.3, 0.4) is 0 Å². The van der Waals surface area contributed by atoms with E-state index in [4.69, 9.17) is 5.73 Å². The van der Waals surface area contributed by atoms with Gasteiger partial charge in [-0.05, 0) is 50.5 Å². The predicted molar refractivity (Wildman–Crippen MR) is 64.8 cm³/mol. The van der Waals surface area contributed by atoms with Gasteiger partial charge in [0.25, 0.3) is 0 Å². The first-order valence-electron chi connectivity index (χ1n) is 6.63. The summed E-state index contributed by atoms with van der Waals surface area (Å²) in [5.41, 5.74) is 7.10. The molecule has 0 radical (unpaired) electrons. The highest BCUT2D eigenvalue weighted by atomic mass is 15.2. The lowest BCUT2D eigenvalue weighted by molar-refractivity contribution is 0.148. The summed E-state index contributed by atoms with van der Waals surface area (Å²) in [7, 11) is 0. The summed E-state index contributed by atoms with van der Waals surface area (Å²) < 4.78 is 0. The fraction of sp³-hybridized carbons (Fsp3) is 1.00. The molecule has 2 rings (SSSR count). The smallest absolute Gasteiger partial charge is 0.0283 e. The predicted octanol–water partition coefficient (Wildman–Crippen LogP) is 2.38. The molecule has 0 aromatic carbocycles. The van der Waals surface area contributed by atoms with Crippen molar-refractivity contribution in [1.82, 2.24) is 4.90 Å². The van der Waals surface area contributed by atoms with E-state index >= 15 is 0 Å². The van der Waals surface area contributed by atoms with E-state index in [-0.39, 0.29) is 5.54 Å². The topological polar surface area (TPSA) is 29.3 Å². The van der Waals surface area contributed by atoms with E-state index < -0.39 is 0 Å². The number of hydrogen-bond acceptors (Lipinski definition) is 2. The van der Waals surface area contributed by atoms with Gasteiger partial charge in [-0.1, -0.05) is 13.8 Å². The quantitative estimate of drug-likeness (QED) is 0.772. The first-order chi connectivity index (χ1) is 7.11. The molecule has 1 aliphatic carbocycles. The Hall–Kier alpha value is -0.0800. The second kappa shape index (κ2) is 4.06. The summed E-state index contributed by atoms with van der Waals surface area (Å²) in [6.45, 7) is 8.40. The van der Waals surface area contributed by atoms with E-state index in [1.807, 2.05) is 0 Å². The molecule has 2 nitrogen and oxygen atoms in total. The highest BCUT2D eigenvalue weighted by molar-refractivity contribution is 4.98. The zero-order chi connectivity index (χ0) is 10.9. The Labute approximate surface area is 94.2 Å². The lowest BCUT2D eigenvalue weighted by Gasteiger charge is -2.41. The van der Waals surface area contributed by atoms with Gasteiger partial charge in [0.2, 0.25) is 0 Å². The molecular weight excluding hydrogens is 184 g/mol. The average Bonchev–Trinajstić information content (AvgIpc) is 2.60. The van der Waals surface area contributed by atoms with Gasteiger partial charge in [0.15, 0.2) is 0 Å². The molecule has 2 fully saturated rings. The van der Waals surface area contributed by atoms with Crippen LogP contribution >= 0.6 is 0 Å². The molecule has 2 aliphatic rings. The van der Waals surface area contributed by atoms with Gasteiger partial charge in [0.05, 0.1) is 0 Å². The normalized spacial score (nSPS) is 29.0. The summed E-state index contributed by atoms with van der Waals surface area (Å²) in [4.78, 5) is 2.62. The van der Waals surface area contributed by atoms with Crippen molar-refractivity contribution in [2.45, 2.75) is 57.9 Å². The molecule has 2 N–H and O–H groups in total. The molecule has 1 saturated heterocycles. The highest BCUT2D eigenvalue weighted by Crippen LogP contribution is 2.39. The van der Waals surface area contributed by atoms with Gasteiger partial charge in [0, 0.05) is 18.6 Å². The monoisotopic (exact) mass is 210 g/mol. The van der Waals surface area contributed by atoms with Crippen LogP contribution in [0.1, 0.15) is 52.4 Å². The Balaban J connectivity index is 1.86. The van der Waals surface area contributed by atoms with Gasteiger partial charge in [-0.15, -0.1) is 0 Å². The minimum absolute atomic E-state index is 0.178. The van der Waals surface area contributed by atoms with Crippen LogP contribution in [0.25, 0.3) is 0 Å². The van der Waals surface area contributed by atoms with Crippen LogP contribution in [0, 0.1) is 5.41 Å². The third kappa shape index (κ3) is 2.21. The number of nitrogens with two attached hydrogens (primary N) is 1. The van der Waals surface area contributed by atoms with E-state index in [1.165, 1.54) is 51.6 Å². The van der Waals surface area contributed by atoms with Crippen molar-refractivity contribution in [3.8, 4) is 0 Å². The van der Waals surface area contributed by atoms with Gasteiger partial charge in [-0.25, -0.2) is 0 Å². The second-order valence-corrected chi connectivity index (χ2v) is 5.88. The lowest BCUT2D eigenvalue weighted by Crippen LogP contribution is -2.54. The van der Waals surface area contributed by atoms with E-state index in [1.54, 1.807) is 0 Å². The van der Waals surface area contributed by atoms with Crippen molar-refractivity contribution in [1.29, 1.82) is 0 Å². The Morgan fingerprint density at radius 2 is 1.80 bits per heavy atom. The number of nitrogens with zero attached hydrogens (tertiary/aromatic N) is 1. The zero-order valence-electron chi connectivity index (χ0n) is 10.4. The number of hydrogen-bond donors (Lipinski definition) is 1. The fourth-order valence-corrected chi connectivity index (χ4v) is 3.22. The first-order valence-corrected chi connectivity index (χ1v) is 6.63. The molecule has 0 amide bonds. The Morgan fingerprint density at radius 3 is 2.20 bits per heavy atom. The van der Waals surface area contributed by atoms with Crippen molar-refractivity contribution >= 4 is 0 Å². The highest BCUT2D eigenvalue weighted by Gasteiger charge is 2.40. The van der Waals surface area contributed by atoms with Crippen LogP contribution in [0.2, 0.25) is 0 Å². The summed E-state index contributed by atoms with van der Waals surface area (Å²) in [5, 5.41) is 0. The van der Waals surface area contributed by atoms with Gasteiger partial charge in [0.1, 0.15) is 0 Å². The van der Waals surface area contributed by atoms with E-state index in [2.05, 4.69) is 18.7 Å². The van der Waals surface area contributed by atoms with Crippen molar-refractivity contribution in [2.24, 2.45) is 11.1 Å². The molecular formula is C13H26N2. The average molecular weight is 210 g/mol. The molecule has 1 aliphatic heterocycles. The third-order valence-electron chi connectivity index (χ3n) is 4.91. The minimum atomic E-state index is 0.178. The standard InChI is InChI=1S/C13H26N2/c1-3-12(4-2)8-9-15(10-12)11-13(14)6-5-7-13/h3-11,14H2,1-2H3. The Morgan fingerprint density at radius 1 is 1.13 bits per heavy atom. The fourth-order valence-electron chi connectivity index (χ4n) is 3.22. The largest absolute Gasteiger partial charge is 0.324 e. The van der Waals surface area contributed by atoms with E-state index in [0.29, 0.717) is 5.41 Å². The lowest BCUT2D eigenvalue weighted by atomic mass is 9.77. The molecule has 15 heavy (non-hydrogen) atoms. The summed E-state index contributed by atoms with van der Waals surface area (Å²) in [6.07, 6.45) is 7.88. The summed E-state index contributed by atoms with van der Waals surface area (Å²) in [6, 6.07) is 0. The maximum atomic E-state index is 6.31. The number of rotatable bonds is 4. The second-order valence-electron chi connectivity index (χ2n) is 5.88.